The molecule has 2 heterocycles. The third-order valence-electron chi connectivity index (χ3n) is 5.64. The van der Waals surface area contributed by atoms with Crippen molar-refractivity contribution in [1.82, 2.24) is 10.2 Å². The SMILES string of the molecule is CCOC(=O)C1=C(C)NC(C)=C(C(=O)OCC(=O)N2CCCCC2)C1c1ccccc1. The number of carbonyl (C=O) groups is 3. The van der Waals surface area contributed by atoms with Crippen LogP contribution >= 0.6 is 0 Å². The van der Waals surface area contributed by atoms with Gasteiger partial charge in [-0.1, -0.05) is 30.3 Å². The molecule has 2 aliphatic heterocycles. The molecule has 0 radical (unpaired) electrons. The van der Waals surface area contributed by atoms with Gasteiger partial charge >= 0.3 is 11.9 Å². The summed E-state index contributed by atoms with van der Waals surface area (Å²) in [6.45, 7) is 6.60. The Morgan fingerprint density at radius 1 is 0.935 bits per heavy atom. The normalized spacial score (nSPS) is 19.1. The first-order chi connectivity index (χ1) is 14.9. The Morgan fingerprint density at radius 2 is 1.52 bits per heavy atom. The van der Waals surface area contributed by atoms with Crippen LogP contribution in [0.4, 0.5) is 0 Å². The number of benzene rings is 1. The van der Waals surface area contributed by atoms with Crippen molar-refractivity contribution in [3.8, 4) is 0 Å². The van der Waals surface area contributed by atoms with Crippen LogP contribution in [0.3, 0.4) is 0 Å². The summed E-state index contributed by atoms with van der Waals surface area (Å²) in [6, 6.07) is 9.31. The van der Waals surface area contributed by atoms with Crippen LogP contribution in [0.2, 0.25) is 0 Å². The van der Waals surface area contributed by atoms with E-state index in [4.69, 9.17) is 9.47 Å². The molecular weight excluding hydrogens is 396 g/mol. The minimum atomic E-state index is -0.640. The van der Waals surface area contributed by atoms with E-state index in [9.17, 15) is 14.4 Å². The topological polar surface area (TPSA) is 84.9 Å². The van der Waals surface area contributed by atoms with Crippen LogP contribution in [0.25, 0.3) is 0 Å². The van der Waals surface area contributed by atoms with E-state index in [0.717, 1.165) is 24.8 Å². The van der Waals surface area contributed by atoms with Crippen molar-refractivity contribution >= 4 is 17.8 Å². The predicted octanol–water partition coefficient (Wildman–Crippen LogP) is 3.04. The maximum Gasteiger partial charge on any atom is 0.337 e. The van der Waals surface area contributed by atoms with E-state index >= 15 is 0 Å². The van der Waals surface area contributed by atoms with E-state index in [1.54, 1.807) is 25.7 Å². The number of nitrogens with zero attached hydrogens (tertiary/aromatic N) is 1. The van der Waals surface area contributed by atoms with Crippen molar-refractivity contribution in [1.29, 1.82) is 0 Å². The molecule has 1 saturated heterocycles. The largest absolute Gasteiger partial charge is 0.463 e. The fourth-order valence-electron chi connectivity index (χ4n) is 4.16. The smallest absolute Gasteiger partial charge is 0.337 e. The summed E-state index contributed by atoms with van der Waals surface area (Å²) >= 11 is 0. The number of likely N-dealkylation sites (tertiary alicyclic amines) is 1. The molecule has 0 aliphatic carbocycles. The van der Waals surface area contributed by atoms with Gasteiger partial charge < -0.3 is 19.7 Å². The highest BCUT2D eigenvalue weighted by molar-refractivity contribution is 6.00. The lowest BCUT2D eigenvalue weighted by Crippen LogP contribution is -2.39. The lowest BCUT2D eigenvalue weighted by molar-refractivity contribution is -0.149. The molecule has 1 aromatic carbocycles. The average Bonchev–Trinajstić information content (AvgIpc) is 2.78. The molecule has 0 saturated carbocycles. The Bertz CT molecular complexity index is 898. The summed E-state index contributed by atoms with van der Waals surface area (Å²) in [5, 5.41) is 3.11. The molecule has 1 amide bonds. The first-order valence-electron chi connectivity index (χ1n) is 10.8. The van der Waals surface area contributed by atoms with Gasteiger partial charge in [0.25, 0.3) is 5.91 Å². The summed E-state index contributed by atoms with van der Waals surface area (Å²) in [5.41, 5.74) is 2.68. The quantitative estimate of drug-likeness (QED) is 0.704. The van der Waals surface area contributed by atoms with Crippen LogP contribution in [-0.4, -0.2) is 49.0 Å². The zero-order chi connectivity index (χ0) is 22.4. The van der Waals surface area contributed by atoms with Gasteiger partial charge in [-0.15, -0.1) is 0 Å². The number of nitrogens with one attached hydrogen (secondary N) is 1. The number of carbonyl (C=O) groups excluding carboxylic acids is 3. The molecule has 7 heteroatoms. The first-order valence-corrected chi connectivity index (χ1v) is 10.8. The zero-order valence-electron chi connectivity index (χ0n) is 18.4. The third-order valence-corrected chi connectivity index (χ3v) is 5.64. The Balaban J connectivity index is 1.87. The third kappa shape index (κ3) is 5.16. The van der Waals surface area contributed by atoms with Crippen molar-refractivity contribution in [3.05, 3.63) is 58.4 Å². The summed E-state index contributed by atoms with van der Waals surface area (Å²) in [4.78, 5) is 40.1. The molecule has 166 valence electrons. The van der Waals surface area contributed by atoms with Gasteiger partial charge in [0.05, 0.1) is 23.7 Å². The summed E-state index contributed by atoms with van der Waals surface area (Å²) in [6.07, 6.45) is 3.05. The molecule has 1 N–H and O–H groups in total. The Hall–Kier alpha value is -3.09. The molecule has 1 aromatic rings. The number of ether oxygens (including phenoxy) is 2. The van der Waals surface area contributed by atoms with Crippen molar-refractivity contribution in [2.24, 2.45) is 0 Å². The van der Waals surface area contributed by atoms with Gasteiger partial charge in [0.15, 0.2) is 6.61 Å². The van der Waals surface area contributed by atoms with E-state index in [0.29, 0.717) is 35.6 Å². The Labute approximate surface area is 183 Å². The van der Waals surface area contributed by atoms with Crippen LogP contribution in [0.1, 0.15) is 51.5 Å². The fourth-order valence-corrected chi connectivity index (χ4v) is 4.16. The number of piperidine rings is 1. The zero-order valence-corrected chi connectivity index (χ0v) is 18.4. The lowest BCUT2D eigenvalue weighted by atomic mass is 9.80. The number of esters is 2. The van der Waals surface area contributed by atoms with Gasteiger partial charge in [0.2, 0.25) is 0 Å². The van der Waals surface area contributed by atoms with E-state index < -0.39 is 17.9 Å². The van der Waals surface area contributed by atoms with E-state index in [2.05, 4.69) is 5.32 Å². The molecule has 1 fully saturated rings. The lowest BCUT2D eigenvalue weighted by Gasteiger charge is -2.31. The molecule has 7 nitrogen and oxygen atoms in total. The molecule has 1 unspecified atom stereocenters. The van der Waals surface area contributed by atoms with Crippen LogP contribution in [0, 0.1) is 0 Å². The summed E-state index contributed by atoms with van der Waals surface area (Å²) in [7, 11) is 0. The van der Waals surface area contributed by atoms with Gasteiger partial charge in [-0.05, 0) is 45.6 Å². The minimum absolute atomic E-state index is 0.191. The Kier molecular flexibility index (Phi) is 7.50. The minimum Gasteiger partial charge on any atom is -0.463 e. The second kappa shape index (κ2) is 10.3. The second-order valence-electron chi connectivity index (χ2n) is 7.78. The van der Waals surface area contributed by atoms with Crippen LogP contribution in [-0.2, 0) is 23.9 Å². The van der Waals surface area contributed by atoms with Gasteiger partial charge in [0.1, 0.15) is 0 Å². The average molecular weight is 427 g/mol. The monoisotopic (exact) mass is 426 g/mol. The van der Waals surface area contributed by atoms with Crippen LogP contribution in [0.5, 0.6) is 0 Å². The maximum atomic E-state index is 13.1. The number of rotatable bonds is 6. The molecule has 2 aliphatic rings. The highest BCUT2D eigenvalue weighted by Gasteiger charge is 2.38. The van der Waals surface area contributed by atoms with Gasteiger partial charge in [-0.2, -0.15) is 0 Å². The molecule has 1 atom stereocenters. The Morgan fingerprint density at radius 3 is 2.10 bits per heavy atom. The predicted molar refractivity (Wildman–Crippen MR) is 116 cm³/mol. The molecule has 0 bridgehead atoms. The van der Waals surface area contributed by atoms with Crippen molar-refractivity contribution < 1.29 is 23.9 Å². The van der Waals surface area contributed by atoms with Gasteiger partial charge in [0, 0.05) is 24.5 Å². The summed E-state index contributed by atoms with van der Waals surface area (Å²) < 4.78 is 10.7. The van der Waals surface area contributed by atoms with Crippen LogP contribution < -0.4 is 5.32 Å². The van der Waals surface area contributed by atoms with E-state index in [-0.39, 0.29) is 19.1 Å². The number of dihydropyridines is 1. The van der Waals surface area contributed by atoms with E-state index in [1.807, 2.05) is 30.3 Å². The highest BCUT2D eigenvalue weighted by Crippen LogP contribution is 2.39. The first kappa shape index (κ1) is 22.6. The van der Waals surface area contributed by atoms with E-state index in [1.165, 1.54) is 0 Å². The molecular formula is C24H30N2O5. The number of allylic oxidation sites excluding steroid dienone is 2. The maximum absolute atomic E-state index is 13.1. The van der Waals surface area contributed by atoms with Gasteiger partial charge in [-0.3, -0.25) is 4.79 Å². The highest BCUT2D eigenvalue weighted by atomic mass is 16.5. The molecule has 31 heavy (non-hydrogen) atoms. The number of amides is 1. The summed E-state index contributed by atoms with van der Waals surface area (Å²) in [5.74, 6) is -1.93. The standard InChI is InChI=1S/C24H30N2O5/c1-4-30-23(28)20-16(2)25-17(3)21(22(20)18-11-7-5-8-12-18)24(29)31-15-19(27)26-13-9-6-10-14-26/h5,7-8,11-12,22,25H,4,6,9-10,13-15H2,1-3H3. The van der Waals surface area contributed by atoms with Gasteiger partial charge in [-0.25, -0.2) is 9.59 Å². The van der Waals surface area contributed by atoms with Crippen LogP contribution in [0.15, 0.2) is 52.9 Å². The second-order valence-corrected chi connectivity index (χ2v) is 7.78. The number of hydrogen-bond donors (Lipinski definition) is 1. The molecule has 3 rings (SSSR count). The molecule has 0 aromatic heterocycles. The molecule has 0 spiro atoms. The fraction of sp³-hybridized carbons (Fsp3) is 0.458. The number of hydrogen-bond acceptors (Lipinski definition) is 6. The van der Waals surface area contributed by atoms with Crippen molar-refractivity contribution in [2.75, 3.05) is 26.3 Å². The van der Waals surface area contributed by atoms with Crippen molar-refractivity contribution in [3.63, 3.8) is 0 Å². The van der Waals surface area contributed by atoms with Crippen molar-refractivity contribution in [2.45, 2.75) is 46.0 Å².